The minimum absolute atomic E-state index is 0.642. The predicted octanol–water partition coefficient (Wildman–Crippen LogP) is 1.14. The first-order valence-electron chi connectivity index (χ1n) is 4.49. The van der Waals surface area contributed by atoms with Crippen LogP contribution in [0.3, 0.4) is 0 Å². The summed E-state index contributed by atoms with van der Waals surface area (Å²) in [6, 6.07) is 7.83. The van der Waals surface area contributed by atoms with E-state index in [9.17, 15) is 0 Å². The standard InChI is InChI=1S/C9H10BrN5/c1-11-6-9-12-13-14-15(9)8-4-2-7(10)3-5-8/h2-5,11H,6H2,1H3. The van der Waals surface area contributed by atoms with E-state index >= 15 is 0 Å². The number of tetrazole rings is 1. The van der Waals surface area contributed by atoms with Crippen molar-refractivity contribution >= 4 is 15.9 Å². The zero-order valence-corrected chi connectivity index (χ0v) is 9.77. The first-order valence-corrected chi connectivity index (χ1v) is 5.28. The highest BCUT2D eigenvalue weighted by atomic mass is 79.9. The molecule has 0 bridgehead atoms. The molecule has 2 rings (SSSR count). The van der Waals surface area contributed by atoms with Crippen molar-refractivity contribution < 1.29 is 0 Å². The lowest BCUT2D eigenvalue weighted by molar-refractivity contribution is 0.709. The van der Waals surface area contributed by atoms with E-state index in [1.165, 1.54) is 0 Å². The Labute approximate surface area is 95.6 Å². The highest BCUT2D eigenvalue weighted by Crippen LogP contribution is 2.13. The van der Waals surface area contributed by atoms with Gasteiger partial charge in [0.05, 0.1) is 12.2 Å². The maximum atomic E-state index is 3.93. The Bertz CT molecular complexity index is 436. The molecule has 0 aliphatic rings. The lowest BCUT2D eigenvalue weighted by Crippen LogP contribution is -2.12. The zero-order chi connectivity index (χ0) is 10.7. The molecule has 2 aromatic rings. The molecule has 0 radical (unpaired) electrons. The Morgan fingerprint density at radius 3 is 2.73 bits per heavy atom. The number of hydrogen-bond acceptors (Lipinski definition) is 4. The van der Waals surface area contributed by atoms with E-state index in [0.717, 1.165) is 16.0 Å². The molecule has 78 valence electrons. The minimum Gasteiger partial charge on any atom is -0.313 e. The van der Waals surface area contributed by atoms with Crippen LogP contribution >= 0.6 is 15.9 Å². The number of halogens is 1. The zero-order valence-electron chi connectivity index (χ0n) is 8.18. The van der Waals surface area contributed by atoms with Gasteiger partial charge in [-0.3, -0.25) is 0 Å². The van der Waals surface area contributed by atoms with E-state index in [0.29, 0.717) is 6.54 Å². The van der Waals surface area contributed by atoms with E-state index in [2.05, 4.69) is 36.8 Å². The first-order chi connectivity index (χ1) is 7.31. The molecule has 0 atom stereocenters. The molecule has 0 aliphatic heterocycles. The summed E-state index contributed by atoms with van der Waals surface area (Å²) in [4.78, 5) is 0. The Balaban J connectivity index is 2.36. The molecule has 0 saturated carbocycles. The van der Waals surface area contributed by atoms with Crippen molar-refractivity contribution in [3.63, 3.8) is 0 Å². The molecule has 1 aromatic carbocycles. The van der Waals surface area contributed by atoms with Gasteiger partial charge in [-0.15, -0.1) is 5.10 Å². The summed E-state index contributed by atoms with van der Waals surface area (Å²) >= 11 is 3.38. The third kappa shape index (κ3) is 2.21. The summed E-state index contributed by atoms with van der Waals surface area (Å²) in [5.74, 6) is 0.792. The molecule has 5 nitrogen and oxygen atoms in total. The van der Waals surface area contributed by atoms with Crippen LogP contribution in [0.4, 0.5) is 0 Å². The third-order valence-corrected chi connectivity index (χ3v) is 2.47. The number of nitrogens with zero attached hydrogens (tertiary/aromatic N) is 4. The molecule has 0 unspecified atom stereocenters. The fraction of sp³-hybridized carbons (Fsp3) is 0.222. The van der Waals surface area contributed by atoms with E-state index in [1.54, 1.807) is 4.68 Å². The summed E-state index contributed by atoms with van der Waals surface area (Å²) < 4.78 is 2.75. The van der Waals surface area contributed by atoms with Gasteiger partial charge in [0.25, 0.3) is 0 Å². The van der Waals surface area contributed by atoms with Crippen LogP contribution in [0.1, 0.15) is 5.82 Å². The number of nitrogens with one attached hydrogen (secondary N) is 1. The highest BCUT2D eigenvalue weighted by Gasteiger charge is 2.06. The molecule has 0 spiro atoms. The molecule has 1 N–H and O–H groups in total. The number of benzene rings is 1. The Hall–Kier alpha value is -1.27. The normalized spacial score (nSPS) is 10.5. The van der Waals surface area contributed by atoms with Crippen molar-refractivity contribution in [2.45, 2.75) is 6.54 Å². The van der Waals surface area contributed by atoms with E-state index in [1.807, 2.05) is 31.3 Å². The Morgan fingerprint density at radius 1 is 1.33 bits per heavy atom. The van der Waals surface area contributed by atoms with Crippen molar-refractivity contribution in [1.29, 1.82) is 0 Å². The van der Waals surface area contributed by atoms with Gasteiger partial charge in [-0.25, -0.2) is 0 Å². The van der Waals surface area contributed by atoms with Crippen molar-refractivity contribution in [2.24, 2.45) is 0 Å². The quantitative estimate of drug-likeness (QED) is 0.907. The maximum Gasteiger partial charge on any atom is 0.170 e. The molecular weight excluding hydrogens is 258 g/mol. The predicted molar refractivity (Wildman–Crippen MR) is 59.6 cm³/mol. The highest BCUT2D eigenvalue weighted by molar-refractivity contribution is 9.10. The summed E-state index contributed by atoms with van der Waals surface area (Å²) in [6.07, 6.45) is 0. The number of aromatic nitrogens is 4. The van der Waals surface area contributed by atoms with Gasteiger partial charge in [0.1, 0.15) is 0 Å². The molecule has 0 aliphatic carbocycles. The van der Waals surface area contributed by atoms with Crippen LogP contribution < -0.4 is 5.32 Å². The van der Waals surface area contributed by atoms with Gasteiger partial charge in [0, 0.05) is 4.47 Å². The van der Waals surface area contributed by atoms with Gasteiger partial charge < -0.3 is 5.32 Å². The molecule has 0 amide bonds. The fourth-order valence-electron chi connectivity index (χ4n) is 1.26. The average Bonchev–Trinajstić information content (AvgIpc) is 2.68. The molecule has 0 fully saturated rings. The SMILES string of the molecule is CNCc1nnnn1-c1ccc(Br)cc1. The third-order valence-electron chi connectivity index (χ3n) is 1.94. The van der Waals surface area contributed by atoms with Gasteiger partial charge in [-0.2, -0.15) is 4.68 Å². The second-order valence-electron chi connectivity index (χ2n) is 3.01. The Kier molecular flexibility index (Phi) is 3.08. The Morgan fingerprint density at radius 2 is 2.07 bits per heavy atom. The fourth-order valence-corrected chi connectivity index (χ4v) is 1.52. The second kappa shape index (κ2) is 4.50. The second-order valence-corrected chi connectivity index (χ2v) is 3.93. The van der Waals surface area contributed by atoms with Crippen LogP contribution in [-0.2, 0) is 6.54 Å². The van der Waals surface area contributed by atoms with Crippen molar-refractivity contribution in [3.8, 4) is 5.69 Å². The van der Waals surface area contributed by atoms with Crippen LogP contribution in [0.5, 0.6) is 0 Å². The van der Waals surface area contributed by atoms with Crippen LogP contribution in [0.15, 0.2) is 28.7 Å². The molecule has 1 aromatic heterocycles. The van der Waals surface area contributed by atoms with Crippen LogP contribution in [0.2, 0.25) is 0 Å². The summed E-state index contributed by atoms with van der Waals surface area (Å²) in [5.41, 5.74) is 0.952. The number of hydrogen-bond donors (Lipinski definition) is 1. The maximum absolute atomic E-state index is 3.93. The van der Waals surface area contributed by atoms with Gasteiger partial charge in [0.2, 0.25) is 0 Å². The lowest BCUT2D eigenvalue weighted by Gasteiger charge is -2.03. The molecule has 1 heterocycles. The largest absolute Gasteiger partial charge is 0.313 e. The van der Waals surface area contributed by atoms with Gasteiger partial charge in [-0.05, 0) is 41.7 Å². The topological polar surface area (TPSA) is 55.6 Å². The van der Waals surface area contributed by atoms with Gasteiger partial charge in [-0.1, -0.05) is 15.9 Å². The number of rotatable bonds is 3. The summed E-state index contributed by atoms with van der Waals surface area (Å²) in [6.45, 7) is 0.642. The van der Waals surface area contributed by atoms with E-state index < -0.39 is 0 Å². The molecule has 15 heavy (non-hydrogen) atoms. The van der Waals surface area contributed by atoms with E-state index in [-0.39, 0.29) is 0 Å². The van der Waals surface area contributed by atoms with Gasteiger partial charge >= 0.3 is 0 Å². The monoisotopic (exact) mass is 267 g/mol. The van der Waals surface area contributed by atoms with Gasteiger partial charge in [0.15, 0.2) is 5.82 Å². The minimum atomic E-state index is 0.642. The summed E-state index contributed by atoms with van der Waals surface area (Å²) in [7, 11) is 1.86. The molecule has 6 heteroatoms. The van der Waals surface area contributed by atoms with Crippen LogP contribution in [-0.4, -0.2) is 27.3 Å². The van der Waals surface area contributed by atoms with Crippen LogP contribution in [0.25, 0.3) is 5.69 Å². The van der Waals surface area contributed by atoms with Crippen molar-refractivity contribution in [2.75, 3.05) is 7.05 Å². The van der Waals surface area contributed by atoms with E-state index in [4.69, 9.17) is 0 Å². The van der Waals surface area contributed by atoms with Crippen LogP contribution in [0, 0.1) is 0 Å². The molecule has 0 saturated heterocycles. The summed E-state index contributed by atoms with van der Waals surface area (Å²) in [5, 5.41) is 14.5. The first kappa shape index (κ1) is 10.3. The van der Waals surface area contributed by atoms with Crippen molar-refractivity contribution in [1.82, 2.24) is 25.5 Å². The smallest absolute Gasteiger partial charge is 0.170 e. The van der Waals surface area contributed by atoms with Crippen molar-refractivity contribution in [3.05, 3.63) is 34.6 Å². The average molecular weight is 268 g/mol. The lowest BCUT2D eigenvalue weighted by atomic mass is 10.3. The molecular formula is C9H10BrN5.